The summed E-state index contributed by atoms with van der Waals surface area (Å²) in [6.45, 7) is 0. The summed E-state index contributed by atoms with van der Waals surface area (Å²) in [5.74, 6) is -0.861. The number of thioether (sulfide) groups is 1. The van der Waals surface area contributed by atoms with Gasteiger partial charge in [0.15, 0.2) is 0 Å². The van der Waals surface area contributed by atoms with Crippen LogP contribution in [-0.2, 0) is 10.0 Å². The summed E-state index contributed by atoms with van der Waals surface area (Å²) in [6, 6.07) is 13.8. The first-order valence-electron chi connectivity index (χ1n) is 8.44. The summed E-state index contributed by atoms with van der Waals surface area (Å²) in [5.41, 5.74) is -4.55. The molecule has 6 nitrogen and oxygen atoms in total. The zero-order valence-electron chi connectivity index (χ0n) is 15.4. The van der Waals surface area contributed by atoms with Crippen molar-refractivity contribution in [2.24, 2.45) is 0 Å². The maximum absolute atomic E-state index is 12.7. The number of hydrogen-bond donors (Lipinski definition) is 2. The third kappa shape index (κ3) is 6.36. The molecular weight excluding hydrogens is 475 g/mol. The van der Waals surface area contributed by atoms with E-state index in [1.54, 1.807) is 0 Å². The zero-order chi connectivity index (χ0) is 22.6. The zero-order valence-corrected chi connectivity index (χ0v) is 17.7. The van der Waals surface area contributed by atoms with Gasteiger partial charge in [-0.3, -0.25) is 9.52 Å². The number of anilines is 2. The number of aromatic nitrogens is 1. The van der Waals surface area contributed by atoms with Crippen molar-refractivity contribution in [2.75, 3.05) is 10.0 Å². The predicted octanol–water partition coefficient (Wildman–Crippen LogP) is 5.40. The minimum absolute atomic E-state index is 0.0794. The van der Waals surface area contributed by atoms with E-state index in [2.05, 4.69) is 15.0 Å². The molecule has 31 heavy (non-hydrogen) atoms. The number of carbonyl (C=O) groups is 1. The van der Waals surface area contributed by atoms with Crippen molar-refractivity contribution < 1.29 is 26.4 Å². The van der Waals surface area contributed by atoms with Gasteiger partial charge in [0.25, 0.3) is 15.9 Å². The molecule has 0 spiro atoms. The fraction of sp³-hybridized carbons (Fsp3) is 0.0526. The highest BCUT2D eigenvalue weighted by Crippen LogP contribution is 2.37. The molecule has 1 amide bonds. The van der Waals surface area contributed by atoms with E-state index in [1.807, 2.05) is 0 Å². The number of nitrogens with zero attached hydrogens (tertiary/aromatic N) is 1. The summed E-state index contributed by atoms with van der Waals surface area (Å²) >= 11 is 5.27. The quantitative estimate of drug-likeness (QED) is 0.454. The number of amides is 1. The standard InChI is InChI=1S/C19H13ClF3N3O3S2/c20-12-6-8-13(9-7-12)26-31(28,29)15-4-1-3-14(11-15)25-17(27)16-5-2-10-24-18(16)30-19(21,22)23/h1-11,26H,(H,25,27). The van der Waals surface area contributed by atoms with E-state index >= 15 is 0 Å². The van der Waals surface area contributed by atoms with Crippen molar-refractivity contribution >= 4 is 50.7 Å². The lowest BCUT2D eigenvalue weighted by atomic mass is 10.2. The van der Waals surface area contributed by atoms with Crippen molar-refractivity contribution in [3.63, 3.8) is 0 Å². The lowest BCUT2D eigenvalue weighted by Crippen LogP contribution is -2.16. The topological polar surface area (TPSA) is 88.2 Å². The van der Waals surface area contributed by atoms with Gasteiger partial charge in [-0.15, -0.1) is 0 Å². The third-order valence-corrected chi connectivity index (χ3v) is 6.11. The number of hydrogen-bond acceptors (Lipinski definition) is 5. The van der Waals surface area contributed by atoms with Gasteiger partial charge in [-0.2, -0.15) is 13.2 Å². The van der Waals surface area contributed by atoms with Crippen LogP contribution in [0.25, 0.3) is 0 Å². The second-order valence-electron chi connectivity index (χ2n) is 6.00. The normalized spacial score (nSPS) is 11.7. The van der Waals surface area contributed by atoms with E-state index in [0.717, 1.165) is 6.20 Å². The predicted molar refractivity (Wildman–Crippen MR) is 113 cm³/mol. The van der Waals surface area contributed by atoms with Crippen LogP contribution >= 0.6 is 23.4 Å². The molecule has 0 bridgehead atoms. The Balaban J connectivity index is 1.81. The molecule has 0 unspecified atom stereocenters. The number of rotatable bonds is 6. The average Bonchev–Trinajstić information content (AvgIpc) is 2.69. The van der Waals surface area contributed by atoms with Crippen LogP contribution in [0.3, 0.4) is 0 Å². The van der Waals surface area contributed by atoms with Crippen LogP contribution in [0.15, 0.2) is 76.8 Å². The van der Waals surface area contributed by atoms with E-state index in [1.165, 1.54) is 60.7 Å². The molecule has 0 radical (unpaired) electrons. The van der Waals surface area contributed by atoms with E-state index in [9.17, 15) is 26.4 Å². The molecule has 1 heterocycles. The van der Waals surface area contributed by atoms with Gasteiger partial charge >= 0.3 is 5.51 Å². The molecule has 0 fully saturated rings. The van der Waals surface area contributed by atoms with Gasteiger partial charge in [0.2, 0.25) is 0 Å². The molecule has 3 rings (SSSR count). The Hall–Kier alpha value is -2.76. The summed E-state index contributed by atoms with van der Waals surface area (Å²) < 4.78 is 65.7. The first-order chi connectivity index (χ1) is 14.5. The molecule has 0 aliphatic heterocycles. The van der Waals surface area contributed by atoms with E-state index in [4.69, 9.17) is 11.6 Å². The summed E-state index contributed by atoms with van der Waals surface area (Å²) in [4.78, 5) is 15.9. The molecule has 0 atom stereocenters. The summed E-state index contributed by atoms with van der Waals surface area (Å²) in [7, 11) is -3.99. The minimum atomic E-state index is -4.62. The number of benzene rings is 2. The lowest BCUT2D eigenvalue weighted by molar-refractivity contribution is -0.0329. The molecule has 1 aromatic heterocycles. The number of halogens is 4. The Morgan fingerprint density at radius 2 is 1.71 bits per heavy atom. The Morgan fingerprint density at radius 1 is 1.00 bits per heavy atom. The number of carbonyl (C=O) groups excluding carboxylic acids is 1. The van der Waals surface area contributed by atoms with E-state index in [0.29, 0.717) is 5.02 Å². The van der Waals surface area contributed by atoms with Gasteiger partial charge in [0.1, 0.15) is 5.03 Å². The van der Waals surface area contributed by atoms with Gasteiger partial charge in [0, 0.05) is 34.4 Å². The monoisotopic (exact) mass is 487 g/mol. The van der Waals surface area contributed by atoms with Gasteiger partial charge in [-0.05, 0) is 54.6 Å². The lowest BCUT2D eigenvalue weighted by Gasteiger charge is -2.12. The largest absolute Gasteiger partial charge is 0.447 e. The second kappa shape index (κ2) is 9.16. The maximum atomic E-state index is 12.7. The molecule has 2 aromatic carbocycles. The van der Waals surface area contributed by atoms with Crippen molar-refractivity contribution in [2.45, 2.75) is 15.4 Å². The average molecular weight is 488 g/mol. The van der Waals surface area contributed by atoms with Crippen molar-refractivity contribution in [1.82, 2.24) is 4.98 Å². The molecule has 0 saturated heterocycles. The van der Waals surface area contributed by atoms with Crippen molar-refractivity contribution in [3.8, 4) is 0 Å². The fourth-order valence-electron chi connectivity index (χ4n) is 2.43. The van der Waals surface area contributed by atoms with E-state index < -0.39 is 38.2 Å². The Morgan fingerprint density at radius 3 is 2.39 bits per heavy atom. The molecular formula is C19H13ClF3N3O3S2. The fourth-order valence-corrected chi connectivity index (χ4v) is 4.26. The van der Waals surface area contributed by atoms with Crippen LogP contribution < -0.4 is 10.0 Å². The molecule has 12 heteroatoms. The Bertz CT molecular complexity index is 1200. The molecule has 0 aliphatic rings. The van der Waals surface area contributed by atoms with Gasteiger partial charge in [-0.1, -0.05) is 17.7 Å². The smallest absolute Gasteiger partial charge is 0.322 e. The van der Waals surface area contributed by atoms with Crippen LogP contribution in [0.2, 0.25) is 5.02 Å². The molecule has 2 N–H and O–H groups in total. The Labute approximate surface area is 184 Å². The minimum Gasteiger partial charge on any atom is -0.322 e. The Kier molecular flexibility index (Phi) is 6.77. The van der Waals surface area contributed by atoms with Crippen LogP contribution in [0.5, 0.6) is 0 Å². The van der Waals surface area contributed by atoms with Crippen LogP contribution in [0, 0.1) is 0 Å². The van der Waals surface area contributed by atoms with Crippen LogP contribution in [0.1, 0.15) is 10.4 Å². The number of alkyl halides is 3. The number of sulfonamides is 1. The van der Waals surface area contributed by atoms with Gasteiger partial charge in [0.05, 0.1) is 10.5 Å². The van der Waals surface area contributed by atoms with E-state index in [-0.39, 0.29) is 21.8 Å². The van der Waals surface area contributed by atoms with Crippen molar-refractivity contribution in [1.29, 1.82) is 0 Å². The molecule has 3 aromatic rings. The number of nitrogens with one attached hydrogen (secondary N) is 2. The first-order valence-corrected chi connectivity index (χ1v) is 11.1. The highest BCUT2D eigenvalue weighted by molar-refractivity contribution is 8.00. The molecule has 162 valence electrons. The number of pyridine rings is 1. The first kappa shape index (κ1) is 22.9. The SMILES string of the molecule is O=C(Nc1cccc(S(=O)(=O)Nc2ccc(Cl)cc2)c1)c1cccnc1SC(F)(F)F. The summed E-state index contributed by atoms with van der Waals surface area (Å²) in [6.07, 6.45) is 1.14. The molecule has 0 aliphatic carbocycles. The highest BCUT2D eigenvalue weighted by Gasteiger charge is 2.32. The van der Waals surface area contributed by atoms with Gasteiger partial charge in [-0.25, -0.2) is 13.4 Å². The van der Waals surface area contributed by atoms with Crippen molar-refractivity contribution in [3.05, 3.63) is 77.4 Å². The van der Waals surface area contributed by atoms with Crippen LogP contribution in [-0.4, -0.2) is 24.8 Å². The third-order valence-electron chi connectivity index (χ3n) is 3.73. The second-order valence-corrected chi connectivity index (χ2v) is 9.17. The van der Waals surface area contributed by atoms with Gasteiger partial charge < -0.3 is 5.32 Å². The summed E-state index contributed by atoms with van der Waals surface area (Å²) in [5, 5.41) is 2.32. The highest BCUT2D eigenvalue weighted by atomic mass is 35.5. The molecule has 0 saturated carbocycles. The van der Waals surface area contributed by atoms with Crippen LogP contribution in [0.4, 0.5) is 24.5 Å². The maximum Gasteiger partial charge on any atom is 0.447 e.